The zero-order valence-electron chi connectivity index (χ0n) is 72.7. The van der Waals surface area contributed by atoms with Crippen LogP contribution in [0.15, 0.2) is 12.3 Å². The van der Waals surface area contributed by atoms with Crippen LogP contribution in [-0.4, -0.2) is 358 Å². The summed E-state index contributed by atoms with van der Waals surface area (Å²) < 4.78 is 0. The summed E-state index contributed by atoms with van der Waals surface area (Å²) in [5, 5.41) is 110. The van der Waals surface area contributed by atoms with Gasteiger partial charge in [-0.1, -0.05) is 67.9 Å². The topological polar surface area (TPSA) is 789 Å². The van der Waals surface area contributed by atoms with E-state index >= 15 is 19.2 Å². The Balaban J connectivity index is 2.10. The van der Waals surface area contributed by atoms with Gasteiger partial charge in [0.1, 0.15) is 96.7 Å². The largest absolute Gasteiger partial charge is 0.481 e. The van der Waals surface area contributed by atoms with Crippen molar-refractivity contribution in [2.24, 2.45) is 23.3 Å². The lowest BCUT2D eigenvalue weighted by atomic mass is 9.97. The van der Waals surface area contributed by atoms with Crippen molar-refractivity contribution in [2.45, 2.75) is 258 Å². The van der Waals surface area contributed by atoms with Crippen molar-refractivity contribution in [3.8, 4) is 0 Å². The number of thioether (sulfide) groups is 3. The molecule has 0 saturated carbocycles. The van der Waals surface area contributed by atoms with Crippen molar-refractivity contribution in [3.63, 3.8) is 0 Å². The fraction of sp³-hybridized carbons (Fsp3) is 0.684. The highest BCUT2D eigenvalue weighted by Gasteiger charge is 2.45. The van der Waals surface area contributed by atoms with Crippen molar-refractivity contribution in [1.29, 1.82) is 0 Å². The molecule has 50 nitrogen and oxygen atoms in total. The Bertz CT molecular complexity index is 4120. The molecule has 4 saturated heterocycles. The molecule has 0 aromatic rings. The highest BCUT2D eigenvalue weighted by molar-refractivity contribution is 8.00. The molecule has 53 heteroatoms. The van der Waals surface area contributed by atoms with Gasteiger partial charge in [-0.25, -0.2) is 9.59 Å². The third-order valence-corrected chi connectivity index (χ3v) is 25.4. The number of aliphatic carboxylic acids is 3. The Morgan fingerprint density at radius 1 is 0.519 bits per heavy atom. The monoisotopic (exact) mass is 1890 g/mol. The van der Waals surface area contributed by atoms with Gasteiger partial charge in [0.05, 0.1) is 44.1 Å². The van der Waals surface area contributed by atoms with Crippen LogP contribution in [0.3, 0.4) is 0 Å². The summed E-state index contributed by atoms with van der Waals surface area (Å²) in [4.78, 5) is 314. The summed E-state index contributed by atoms with van der Waals surface area (Å²) in [7, 11) is 0. The maximum Gasteiger partial charge on any atom is 0.335 e. The Labute approximate surface area is 753 Å². The number of amides is 19. The Kier molecular flexibility index (Phi) is 45.4. The van der Waals surface area contributed by atoms with Crippen LogP contribution in [0.5, 0.6) is 0 Å². The quantitative estimate of drug-likeness (QED) is 0.0375. The van der Waals surface area contributed by atoms with Gasteiger partial charge in [-0.05, 0) is 77.7 Å². The summed E-state index contributed by atoms with van der Waals surface area (Å²) in [6.45, 7) is 12.1. The molecule has 0 unspecified atom stereocenters. The van der Waals surface area contributed by atoms with Crippen LogP contribution >= 0.6 is 35.3 Å². The van der Waals surface area contributed by atoms with E-state index in [2.05, 4.69) is 91.6 Å². The van der Waals surface area contributed by atoms with E-state index in [1.807, 2.05) is 10.6 Å². The predicted octanol–water partition coefficient (Wildman–Crippen LogP) is -12.1. The van der Waals surface area contributed by atoms with Crippen LogP contribution in [0.25, 0.3) is 0 Å². The standard InChI is InChI=1S/C76H121N21O29S3/c1-12-30(3)50-69(117)88-45-29-129-37(10)54(74(122)89-44-28-128-36(9)53(72(120)83-34(7)60(108)91-50)94-70(118)51(31(4)13-2)92-67(115)46-18-16-22-97(46)48(102)24-80-62(110)41(25-98)85-58(106)32(5)82-65(44)113)93-63(111)42(26-99)86-59(107)33(6)81-64(112)43(87-61(109)39(78)19-20-49(103)104)27-127-38(11)55(73(121)84-40(75(123)124)17-14-15-21-77)95-71(119)52(35(8)100)90-47(101)23-79-68(116)56(96-66(45)114)57(105)76(125)126/h30-31,33-46,50-57,98-100,105H,5,12-29,77-78H2,1-4,6-11H3,(H,79,116)(H,80,110)(H,81,112)(H,82,113)(H,83,120)(H,84,121)(H,85,106)(H,86,107)(H,87,109)(H,88,117)(H,89,122)(H,90,101)(H,91,108)(H,92,115)(H,93,111)(H,94,118)(H,95,119)(H,96,114)(H,103,104)(H,123,124)(H,125,126)/t30-,31-,33-,34-,35+,36-,37-,38-,39-,40-,41-,42-,43-,44-,45-,46-,50-,51-,52-,53+,54+,55+,56-,57+/m0/s1. The minimum atomic E-state index is -2.99. The molecule has 129 heavy (non-hydrogen) atoms. The smallest absolute Gasteiger partial charge is 0.335 e. The number of carbonyl (C=O) groups is 22. The minimum Gasteiger partial charge on any atom is -0.481 e. The number of carboxylic acids is 3. The number of aliphatic hydroxyl groups excluding tert-OH is 4. The van der Waals surface area contributed by atoms with Crippen LogP contribution < -0.4 is 107 Å². The molecule has 0 radical (unpaired) electrons. The van der Waals surface area contributed by atoms with Gasteiger partial charge in [0.15, 0.2) is 6.10 Å². The van der Waals surface area contributed by atoms with E-state index in [9.17, 15) is 122 Å². The summed E-state index contributed by atoms with van der Waals surface area (Å²) in [6.07, 6.45) is -5.41. The van der Waals surface area contributed by atoms with E-state index in [4.69, 9.17) is 11.5 Å². The molecule has 4 aliphatic rings. The fourth-order valence-electron chi connectivity index (χ4n) is 13.0. The number of nitrogens with two attached hydrogens (primary N) is 2. The first-order valence-electron chi connectivity index (χ1n) is 41.5. The molecule has 4 fully saturated rings. The van der Waals surface area contributed by atoms with Crippen molar-refractivity contribution < 1.29 is 141 Å². The van der Waals surface area contributed by atoms with E-state index in [1.165, 1.54) is 20.8 Å². The Hall–Kier alpha value is -11.1. The molecule has 0 aliphatic carbocycles. The number of unbranched alkanes of at least 4 members (excludes halogenated alkanes) is 1. The summed E-state index contributed by atoms with van der Waals surface area (Å²) in [5.74, 6) is -33.6. The summed E-state index contributed by atoms with van der Waals surface area (Å²) in [6, 6.07) is -32.6. The van der Waals surface area contributed by atoms with Crippen molar-refractivity contribution in [1.82, 2.24) is 101 Å². The van der Waals surface area contributed by atoms with Crippen LogP contribution in [0, 0.1) is 11.8 Å². The zero-order chi connectivity index (χ0) is 97.3. The molecule has 19 amide bonds. The molecule has 4 heterocycles. The lowest BCUT2D eigenvalue weighted by Crippen LogP contribution is -2.64. The normalized spacial score (nSPS) is 29.4. The molecule has 722 valence electrons. The highest BCUT2D eigenvalue weighted by Crippen LogP contribution is 2.25. The Morgan fingerprint density at radius 3 is 1.57 bits per heavy atom. The average molecular weight is 1890 g/mol. The first kappa shape index (κ1) is 110. The number of carboxylic acid groups (broad SMARTS) is 3. The predicted molar refractivity (Wildman–Crippen MR) is 458 cm³/mol. The van der Waals surface area contributed by atoms with Gasteiger partial charge in [0.2, 0.25) is 106 Å². The van der Waals surface area contributed by atoms with Gasteiger partial charge < -0.3 is 148 Å². The number of nitrogens with zero attached hydrogens (tertiary/aromatic N) is 1. The van der Waals surface area contributed by atoms with E-state index < -0.39 is 335 Å². The van der Waals surface area contributed by atoms with Crippen LogP contribution in [-0.2, 0) is 105 Å². The van der Waals surface area contributed by atoms with E-state index in [1.54, 1.807) is 20.8 Å². The van der Waals surface area contributed by atoms with Gasteiger partial charge in [0.25, 0.3) is 5.91 Å². The number of hydrogen-bond acceptors (Lipinski definition) is 31. The number of nitrogens with one attached hydrogen (secondary N) is 18. The Morgan fingerprint density at radius 2 is 1.02 bits per heavy atom. The first-order valence-corrected chi connectivity index (χ1v) is 44.7. The molecule has 0 aromatic heterocycles. The van der Waals surface area contributed by atoms with Crippen LogP contribution in [0.2, 0.25) is 0 Å². The molecular formula is C76H121N21O29S3. The molecule has 4 aliphatic heterocycles. The minimum absolute atomic E-state index is 0.00664. The lowest BCUT2D eigenvalue weighted by Gasteiger charge is -2.33. The number of rotatable bonds is 21. The second kappa shape index (κ2) is 53.1. The van der Waals surface area contributed by atoms with Crippen molar-refractivity contribution >= 4 is 165 Å². The SMILES string of the molecule is C=C1NC(=O)[C@@H]2CS[C@@H](C)[C@@H](NC(=O)[C@H]([C@@H](C)CC)NC(=O)[C@@H]3CCCN3C(=O)CNC(=O)[C@H](CO)NC1=O)C(=O)N[C@@H](C)C(=O)N[C@@H]([C@@H](C)CC)C(=O)N[C@H]1CS[C@@H](C)[C@@H](NC(=O)[C@H](CO)NC(=O)[C@H](C)NC(=O)[C@@H](NC(=O)[C@@H](N)CCC(=O)O)CS[C@@H](C)[C@H](C(=O)N[C@@H](CCCCN)C(=O)O)NC(=O)[C@H]([C@@H](C)O)NC(=O)CNC(=O)[C@H]([C@@H](O)C(=O)O)NC1=O)C(=O)N2. The van der Waals surface area contributed by atoms with Crippen LogP contribution in [0.1, 0.15) is 127 Å². The van der Waals surface area contributed by atoms with Crippen molar-refractivity contribution in [2.75, 3.05) is 56.7 Å². The summed E-state index contributed by atoms with van der Waals surface area (Å²) >= 11 is 1.66. The number of aliphatic hydroxyl groups is 4. The van der Waals surface area contributed by atoms with Crippen molar-refractivity contribution in [3.05, 3.63) is 12.3 Å². The third kappa shape index (κ3) is 33.7. The first-order chi connectivity index (χ1) is 60.6. The fourth-order valence-corrected chi connectivity index (χ4v) is 16.3. The maximum absolute atomic E-state index is 15.6. The van der Waals surface area contributed by atoms with E-state index in [0.717, 1.165) is 32.6 Å². The molecule has 4 bridgehead atoms. The number of hydrogen-bond donors (Lipinski definition) is 27. The summed E-state index contributed by atoms with van der Waals surface area (Å²) in [5.41, 5.74) is 10.7. The molecule has 24 atom stereocenters. The third-order valence-electron chi connectivity index (χ3n) is 21.4. The molecular weight excluding hydrogens is 1770 g/mol. The van der Waals surface area contributed by atoms with Gasteiger partial charge >= 0.3 is 17.9 Å². The van der Waals surface area contributed by atoms with Gasteiger partial charge in [-0.3, -0.25) is 95.9 Å². The van der Waals surface area contributed by atoms with Crippen LogP contribution in [0.4, 0.5) is 0 Å². The van der Waals surface area contributed by atoms with E-state index in [-0.39, 0.29) is 58.0 Å². The van der Waals surface area contributed by atoms with Gasteiger partial charge in [-0.15, -0.1) is 0 Å². The van der Waals surface area contributed by atoms with Gasteiger partial charge in [0, 0.05) is 46.0 Å². The molecule has 4 rings (SSSR count). The molecule has 29 N–H and O–H groups in total. The van der Waals surface area contributed by atoms with E-state index in [0.29, 0.717) is 35.3 Å². The highest BCUT2D eigenvalue weighted by atomic mass is 32.2. The molecule has 0 aromatic carbocycles. The maximum atomic E-state index is 15.6. The zero-order valence-corrected chi connectivity index (χ0v) is 75.2. The molecule has 0 spiro atoms. The lowest BCUT2D eigenvalue weighted by molar-refractivity contribution is -0.152. The number of carbonyl (C=O) groups excluding carboxylic acids is 19. The second-order valence-electron chi connectivity index (χ2n) is 31.3. The second-order valence-corrected chi connectivity index (χ2v) is 35.6. The number of fused-ring (bicyclic) bond motifs is 9. The average Bonchev–Trinajstić information content (AvgIpc) is 1.81. The van der Waals surface area contributed by atoms with Gasteiger partial charge in [-0.2, -0.15) is 35.3 Å².